The second-order valence-corrected chi connectivity index (χ2v) is 8.00. The van der Waals surface area contributed by atoms with Crippen LogP contribution in [0.25, 0.3) is 6.08 Å². The third kappa shape index (κ3) is 23.8. The lowest BCUT2D eigenvalue weighted by Crippen LogP contribution is -2.20. The van der Waals surface area contributed by atoms with Crippen molar-refractivity contribution in [1.82, 2.24) is 5.32 Å². The Hall–Kier alpha value is -2.90. The van der Waals surface area contributed by atoms with Gasteiger partial charge in [-0.1, -0.05) is 141 Å². The van der Waals surface area contributed by atoms with E-state index < -0.39 is 0 Å². The number of benzene rings is 2. The van der Waals surface area contributed by atoms with Crippen LogP contribution in [0.1, 0.15) is 65.0 Å². The standard InChI is InChI=1S/C16H27N.C8H8.C7H8.C2H6/c1-14(2)13-15(3)11-9-7-6-8-10-12-16(4)17-5;1-2-8-6-4-3-5-7-8;1-7-5-3-2-4-6-7;1-2/h6-9,11,16-17H,1,10,12-13H2,2-5H3;2-7H,1H2;2-6H,1H3;1-2H3/b8-6+,9-7-,15-11-;;;. The van der Waals surface area contributed by atoms with Gasteiger partial charge < -0.3 is 5.32 Å². The van der Waals surface area contributed by atoms with E-state index in [4.69, 9.17) is 0 Å². The maximum absolute atomic E-state index is 3.90. The molecular formula is C33H49N. The molecule has 0 aromatic heterocycles. The predicted octanol–water partition coefficient (Wildman–Crippen LogP) is 9.75. The molecule has 0 aliphatic rings. The van der Waals surface area contributed by atoms with Crippen LogP contribution in [0.15, 0.2) is 115 Å². The van der Waals surface area contributed by atoms with Crippen molar-refractivity contribution < 1.29 is 0 Å². The number of hydrogen-bond donors (Lipinski definition) is 1. The second-order valence-electron chi connectivity index (χ2n) is 8.00. The SMILES string of the molecule is C=C(C)C\C(C)=C/C=C\C=C\CCC(C)NC.C=Cc1ccccc1.CC.Cc1ccccc1. The molecule has 34 heavy (non-hydrogen) atoms. The van der Waals surface area contributed by atoms with E-state index >= 15 is 0 Å². The van der Waals surface area contributed by atoms with Gasteiger partial charge in [0, 0.05) is 6.04 Å². The van der Waals surface area contributed by atoms with E-state index in [0.717, 1.165) is 12.8 Å². The zero-order valence-electron chi connectivity index (χ0n) is 22.9. The molecular weight excluding hydrogens is 410 g/mol. The minimum absolute atomic E-state index is 0.598. The van der Waals surface area contributed by atoms with Crippen LogP contribution in [-0.2, 0) is 0 Å². The Balaban J connectivity index is 0. The highest BCUT2D eigenvalue weighted by Gasteiger charge is 1.93. The van der Waals surface area contributed by atoms with Gasteiger partial charge in [-0.15, -0.1) is 0 Å². The second kappa shape index (κ2) is 24.7. The molecule has 0 aliphatic heterocycles. The van der Waals surface area contributed by atoms with Gasteiger partial charge in [0.15, 0.2) is 0 Å². The van der Waals surface area contributed by atoms with Crippen LogP contribution in [0.3, 0.4) is 0 Å². The summed E-state index contributed by atoms with van der Waals surface area (Å²) in [6.07, 6.45) is 15.8. The van der Waals surface area contributed by atoms with E-state index in [9.17, 15) is 0 Å². The van der Waals surface area contributed by atoms with Crippen LogP contribution in [-0.4, -0.2) is 13.1 Å². The molecule has 1 nitrogen and oxygen atoms in total. The first-order valence-electron chi connectivity index (χ1n) is 12.4. The van der Waals surface area contributed by atoms with Gasteiger partial charge in [0.05, 0.1) is 0 Å². The topological polar surface area (TPSA) is 12.0 Å². The highest BCUT2D eigenvalue weighted by atomic mass is 14.8. The zero-order valence-corrected chi connectivity index (χ0v) is 22.9. The molecule has 0 amide bonds. The number of rotatable bonds is 9. The average molecular weight is 460 g/mol. The van der Waals surface area contributed by atoms with E-state index in [-0.39, 0.29) is 0 Å². The Kier molecular flexibility index (Phi) is 24.2. The van der Waals surface area contributed by atoms with Crippen molar-refractivity contribution in [2.24, 2.45) is 0 Å². The third-order valence-electron chi connectivity index (χ3n) is 4.55. The Morgan fingerprint density at radius 3 is 1.88 bits per heavy atom. The molecule has 1 unspecified atom stereocenters. The minimum Gasteiger partial charge on any atom is -0.317 e. The molecule has 186 valence electrons. The van der Waals surface area contributed by atoms with Gasteiger partial charge >= 0.3 is 0 Å². The van der Waals surface area contributed by atoms with Crippen molar-refractivity contribution in [3.8, 4) is 0 Å². The van der Waals surface area contributed by atoms with Crippen molar-refractivity contribution in [2.75, 3.05) is 7.05 Å². The van der Waals surface area contributed by atoms with Gasteiger partial charge in [-0.2, -0.15) is 0 Å². The van der Waals surface area contributed by atoms with Crippen molar-refractivity contribution in [3.63, 3.8) is 0 Å². The van der Waals surface area contributed by atoms with Crippen LogP contribution < -0.4 is 5.32 Å². The first-order valence-corrected chi connectivity index (χ1v) is 12.4. The number of hydrogen-bond acceptors (Lipinski definition) is 1. The highest BCUT2D eigenvalue weighted by molar-refractivity contribution is 5.45. The first kappa shape index (κ1) is 33.3. The molecule has 0 saturated carbocycles. The maximum Gasteiger partial charge on any atom is 0.00386 e. The van der Waals surface area contributed by atoms with Crippen molar-refractivity contribution in [2.45, 2.75) is 66.8 Å². The maximum atomic E-state index is 3.90. The molecule has 2 aromatic carbocycles. The van der Waals surface area contributed by atoms with E-state index in [1.807, 2.05) is 75.5 Å². The zero-order chi connectivity index (χ0) is 26.0. The Bertz CT molecular complexity index is 810. The van der Waals surface area contributed by atoms with Gasteiger partial charge in [-0.05, 0) is 59.6 Å². The molecule has 0 heterocycles. The molecule has 0 bridgehead atoms. The number of aryl methyl sites for hydroxylation is 1. The average Bonchev–Trinajstić information content (AvgIpc) is 2.86. The molecule has 1 heteroatoms. The minimum atomic E-state index is 0.598. The van der Waals surface area contributed by atoms with Crippen molar-refractivity contribution in [3.05, 3.63) is 126 Å². The first-order chi connectivity index (χ1) is 16.4. The summed E-state index contributed by atoms with van der Waals surface area (Å²) in [6, 6.07) is 20.9. The fraction of sp³-hybridized carbons (Fsp3) is 0.333. The molecule has 2 rings (SSSR count). The van der Waals surface area contributed by atoms with E-state index in [2.05, 4.69) is 88.7 Å². The monoisotopic (exact) mass is 459 g/mol. The van der Waals surface area contributed by atoms with Crippen LogP contribution in [0.4, 0.5) is 0 Å². The van der Waals surface area contributed by atoms with Crippen LogP contribution >= 0.6 is 0 Å². The summed E-state index contributed by atoms with van der Waals surface area (Å²) in [5.74, 6) is 0. The van der Waals surface area contributed by atoms with E-state index in [0.29, 0.717) is 6.04 Å². The smallest absolute Gasteiger partial charge is 0.00386 e. The Morgan fingerprint density at radius 2 is 1.47 bits per heavy atom. The highest BCUT2D eigenvalue weighted by Crippen LogP contribution is 2.07. The van der Waals surface area contributed by atoms with Gasteiger partial charge in [-0.3, -0.25) is 0 Å². The summed E-state index contributed by atoms with van der Waals surface area (Å²) in [5.41, 5.74) is 5.06. The van der Waals surface area contributed by atoms with Crippen molar-refractivity contribution in [1.29, 1.82) is 0 Å². The molecule has 0 spiro atoms. The van der Waals surface area contributed by atoms with E-state index in [1.54, 1.807) is 0 Å². The molecule has 1 atom stereocenters. The van der Waals surface area contributed by atoms with Gasteiger partial charge in [0.25, 0.3) is 0 Å². The lowest BCUT2D eigenvalue weighted by molar-refractivity contribution is 0.571. The van der Waals surface area contributed by atoms with Crippen molar-refractivity contribution >= 4 is 6.08 Å². The Labute approximate surface area is 211 Å². The molecule has 1 N–H and O–H groups in total. The summed E-state index contributed by atoms with van der Waals surface area (Å²) >= 11 is 0. The van der Waals surface area contributed by atoms with Gasteiger partial charge in [0.1, 0.15) is 0 Å². The molecule has 0 fully saturated rings. The third-order valence-corrected chi connectivity index (χ3v) is 4.55. The fourth-order valence-electron chi connectivity index (χ4n) is 2.61. The van der Waals surface area contributed by atoms with E-state index in [1.165, 1.54) is 28.7 Å². The molecule has 2 aromatic rings. The normalized spacial score (nSPS) is 11.3. The van der Waals surface area contributed by atoms with Crippen LogP contribution in [0, 0.1) is 6.92 Å². The Morgan fingerprint density at radius 1 is 0.912 bits per heavy atom. The number of allylic oxidation sites excluding steroid dienone is 7. The summed E-state index contributed by atoms with van der Waals surface area (Å²) in [4.78, 5) is 0. The summed E-state index contributed by atoms with van der Waals surface area (Å²) in [5, 5.41) is 3.23. The largest absolute Gasteiger partial charge is 0.317 e. The lowest BCUT2D eigenvalue weighted by atomic mass is 10.1. The summed E-state index contributed by atoms with van der Waals surface area (Å²) < 4.78 is 0. The number of nitrogens with one attached hydrogen (secondary N) is 1. The van der Waals surface area contributed by atoms with Gasteiger partial charge in [0.2, 0.25) is 0 Å². The van der Waals surface area contributed by atoms with Gasteiger partial charge in [-0.25, -0.2) is 0 Å². The summed E-state index contributed by atoms with van der Waals surface area (Å²) in [7, 11) is 2.00. The lowest BCUT2D eigenvalue weighted by Gasteiger charge is -2.06. The summed E-state index contributed by atoms with van der Waals surface area (Å²) in [6.45, 7) is 20.0. The van der Waals surface area contributed by atoms with Crippen LogP contribution in [0.5, 0.6) is 0 Å². The van der Waals surface area contributed by atoms with Crippen LogP contribution in [0.2, 0.25) is 0 Å². The predicted molar refractivity (Wildman–Crippen MR) is 158 cm³/mol. The molecule has 0 aliphatic carbocycles. The fourth-order valence-corrected chi connectivity index (χ4v) is 2.61. The molecule has 0 radical (unpaired) electrons. The quantitative estimate of drug-likeness (QED) is 0.290. The molecule has 0 saturated heterocycles.